The van der Waals surface area contributed by atoms with E-state index in [9.17, 15) is 9.59 Å². The van der Waals surface area contributed by atoms with Gasteiger partial charge in [-0.2, -0.15) is 0 Å². The number of likely N-dealkylation sites (tertiary alicyclic amines) is 2. The number of amides is 2. The summed E-state index contributed by atoms with van der Waals surface area (Å²) in [6.07, 6.45) is 6.99. The molecule has 1 atom stereocenters. The van der Waals surface area contributed by atoms with Gasteiger partial charge in [0, 0.05) is 44.4 Å². The quantitative estimate of drug-likeness (QED) is 0.782. The average Bonchev–Trinajstić information content (AvgIpc) is 2.84. The summed E-state index contributed by atoms with van der Waals surface area (Å²) in [5, 5.41) is 3.20. The molecule has 0 spiro atoms. The molecule has 1 aromatic carbocycles. The van der Waals surface area contributed by atoms with Crippen LogP contribution in [0.1, 0.15) is 56.7 Å². The molecule has 6 heteroatoms. The number of rotatable bonds is 5. The number of carbonyl (C=O) groups excluding carboxylic acids is 2. The van der Waals surface area contributed by atoms with Gasteiger partial charge in [-0.05, 0) is 69.0 Å². The number of nitrogens with one attached hydrogen (secondary N) is 1. The maximum absolute atomic E-state index is 13.3. The van der Waals surface area contributed by atoms with Crippen LogP contribution in [0.25, 0.3) is 0 Å². The molecule has 32 heavy (non-hydrogen) atoms. The molecule has 3 heterocycles. The van der Waals surface area contributed by atoms with Crippen LogP contribution in [-0.2, 0) is 15.1 Å². The lowest BCUT2D eigenvalue weighted by molar-refractivity contribution is -0.139. The summed E-state index contributed by atoms with van der Waals surface area (Å²) < 4.78 is 0. The molecule has 1 aromatic heterocycles. The van der Waals surface area contributed by atoms with E-state index in [1.54, 1.807) is 6.92 Å². The molecule has 2 aliphatic rings. The van der Waals surface area contributed by atoms with E-state index in [-0.39, 0.29) is 23.3 Å². The molecule has 2 saturated heterocycles. The van der Waals surface area contributed by atoms with Gasteiger partial charge in [0.25, 0.3) is 0 Å². The van der Waals surface area contributed by atoms with Gasteiger partial charge >= 0.3 is 0 Å². The topological polar surface area (TPSA) is 65.5 Å². The lowest BCUT2D eigenvalue weighted by Crippen LogP contribution is -2.55. The first-order valence-corrected chi connectivity index (χ1v) is 11.8. The van der Waals surface area contributed by atoms with E-state index in [4.69, 9.17) is 0 Å². The normalized spacial score (nSPS) is 20.5. The molecule has 1 N–H and O–H groups in total. The Morgan fingerprint density at radius 2 is 1.62 bits per heavy atom. The van der Waals surface area contributed by atoms with Gasteiger partial charge in [0.1, 0.15) is 0 Å². The Balaban J connectivity index is 1.34. The Labute approximate surface area is 191 Å². The Morgan fingerprint density at radius 1 is 1.00 bits per heavy atom. The molecule has 2 aliphatic heterocycles. The van der Waals surface area contributed by atoms with E-state index in [2.05, 4.69) is 46.4 Å². The molecular weight excluding hydrogens is 400 g/mol. The Morgan fingerprint density at radius 3 is 2.22 bits per heavy atom. The first-order valence-electron chi connectivity index (χ1n) is 11.8. The summed E-state index contributed by atoms with van der Waals surface area (Å²) in [4.78, 5) is 33.8. The van der Waals surface area contributed by atoms with E-state index in [1.807, 2.05) is 35.5 Å². The first-order chi connectivity index (χ1) is 15.5. The molecule has 1 unspecified atom stereocenters. The SMILES string of the molecule is CC(=O)NC1(c2ccccc2)CCN(C(=O)C2CCN(C(C)c3ccncc3)CC2)CC1. The van der Waals surface area contributed by atoms with Crippen molar-refractivity contribution >= 4 is 11.8 Å². The lowest BCUT2D eigenvalue weighted by Gasteiger charge is -2.44. The Hall–Kier alpha value is -2.73. The van der Waals surface area contributed by atoms with Crippen LogP contribution in [0.2, 0.25) is 0 Å². The zero-order chi connectivity index (χ0) is 22.6. The second kappa shape index (κ2) is 9.82. The number of benzene rings is 1. The zero-order valence-corrected chi connectivity index (χ0v) is 19.2. The highest BCUT2D eigenvalue weighted by Crippen LogP contribution is 2.34. The van der Waals surface area contributed by atoms with Gasteiger partial charge in [-0.15, -0.1) is 0 Å². The van der Waals surface area contributed by atoms with Crippen LogP contribution in [-0.4, -0.2) is 52.8 Å². The van der Waals surface area contributed by atoms with Crippen molar-refractivity contribution in [3.05, 3.63) is 66.0 Å². The van der Waals surface area contributed by atoms with Gasteiger partial charge in [0.2, 0.25) is 11.8 Å². The van der Waals surface area contributed by atoms with Gasteiger partial charge in [-0.3, -0.25) is 19.5 Å². The minimum atomic E-state index is -0.382. The van der Waals surface area contributed by atoms with Crippen LogP contribution in [0.3, 0.4) is 0 Å². The molecule has 0 saturated carbocycles. The third-order valence-electron chi connectivity index (χ3n) is 7.29. The van der Waals surface area contributed by atoms with Crippen molar-refractivity contribution in [2.75, 3.05) is 26.2 Å². The highest BCUT2D eigenvalue weighted by Gasteiger charge is 2.39. The molecule has 6 nitrogen and oxygen atoms in total. The van der Waals surface area contributed by atoms with Crippen LogP contribution < -0.4 is 5.32 Å². The highest BCUT2D eigenvalue weighted by atomic mass is 16.2. The van der Waals surface area contributed by atoms with E-state index < -0.39 is 0 Å². The molecule has 4 rings (SSSR count). The van der Waals surface area contributed by atoms with Crippen LogP contribution in [0.4, 0.5) is 0 Å². The smallest absolute Gasteiger partial charge is 0.225 e. The predicted molar refractivity (Wildman–Crippen MR) is 125 cm³/mol. The molecule has 0 aliphatic carbocycles. The zero-order valence-electron chi connectivity index (χ0n) is 19.2. The van der Waals surface area contributed by atoms with E-state index in [0.717, 1.165) is 44.3 Å². The van der Waals surface area contributed by atoms with Gasteiger partial charge < -0.3 is 10.2 Å². The number of piperidine rings is 2. The maximum atomic E-state index is 13.3. The molecule has 0 bridgehead atoms. The van der Waals surface area contributed by atoms with Crippen molar-refractivity contribution in [1.82, 2.24) is 20.1 Å². The fourth-order valence-electron chi connectivity index (χ4n) is 5.33. The molecule has 2 fully saturated rings. The van der Waals surface area contributed by atoms with E-state index >= 15 is 0 Å². The Bertz CT molecular complexity index is 902. The van der Waals surface area contributed by atoms with Crippen molar-refractivity contribution in [2.24, 2.45) is 5.92 Å². The van der Waals surface area contributed by atoms with E-state index in [1.165, 1.54) is 5.56 Å². The number of aromatic nitrogens is 1. The highest BCUT2D eigenvalue weighted by molar-refractivity contribution is 5.79. The number of hydrogen-bond donors (Lipinski definition) is 1. The summed E-state index contributed by atoms with van der Waals surface area (Å²) >= 11 is 0. The number of hydrogen-bond acceptors (Lipinski definition) is 4. The van der Waals surface area contributed by atoms with Crippen LogP contribution in [0.5, 0.6) is 0 Å². The second-order valence-corrected chi connectivity index (χ2v) is 9.22. The lowest BCUT2D eigenvalue weighted by atomic mass is 9.80. The number of carbonyl (C=O) groups is 2. The number of pyridine rings is 1. The monoisotopic (exact) mass is 434 g/mol. The van der Waals surface area contributed by atoms with Crippen LogP contribution >= 0.6 is 0 Å². The summed E-state index contributed by atoms with van der Waals surface area (Å²) in [7, 11) is 0. The fourth-order valence-corrected chi connectivity index (χ4v) is 5.33. The second-order valence-electron chi connectivity index (χ2n) is 9.22. The van der Waals surface area contributed by atoms with Crippen molar-refractivity contribution < 1.29 is 9.59 Å². The van der Waals surface area contributed by atoms with Crippen molar-refractivity contribution in [2.45, 2.75) is 51.1 Å². The van der Waals surface area contributed by atoms with Crippen LogP contribution in [0, 0.1) is 5.92 Å². The summed E-state index contributed by atoms with van der Waals surface area (Å²) in [6.45, 7) is 7.04. The predicted octanol–water partition coefficient (Wildman–Crippen LogP) is 3.51. The maximum Gasteiger partial charge on any atom is 0.225 e. The minimum Gasteiger partial charge on any atom is -0.347 e. The van der Waals surface area contributed by atoms with Crippen molar-refractivity contribution in [3.8, 4) is 0 Å². The van der Waals surface area contributed by atoms with Gasteiger partial charge in [0.05, 0.1) is 5.54 Å². The number of nitrogens with zero attached hydrogens (tertiary/aromatic N) is 3. The average molecular weight is 435 g/mol. The van der Waals surface area contributed by atoms with Crippen LogP contribution in [0.15, 0.2) is 54.9 Å². The van der Waals surface area contributed by atoms with E-state index in [0.29, 0.717) is 19.1 Å². The molecule has 0 radical (unpaired) electrons. The minimum absolute atomic E-state index is 0.0238. The summed E-state index contributed by atoms with van der Waals surface area (Å²) in [5.74, 6) is 0.357. The fraction of sp³-hybridized carbons (Fsp3) is 0.500. The van der Waals surface area contributed by atoms with Crippen molar-refractivity contribution in [1.29, 1.82) is 0 Å². The van der Waals surface area contributed by atoms with Gasteiger partial charge in [-0.25, -0.2) is 0 Å². The van der Waals surface area contributed by atoms with Gasteiger partial charge in [-0.1, -0.05) is 30.3 Å². The molecular formula is C26H34N4O2. The largest absolute Gasteiger partial charge is 0.347 e. The third-order valence-corrected chi connectivity index (χ3v) is 7.29. The standard InChI is InChI=1S/C26H34N4O2/c1-20(22-8-14-27-15-9-22)29-16-10-23(11-17-29)25(32)30-18-12-26(13-19-30,28-21(2)31)24-6-4-3-5-7-24/h3-9,14-15,20,23H,10-13,16-19H2,1-2H3,(H,28,31). The molecule has 2 aromatic rings. The molecule has 2 amide bonds. The first kappa shape index (κ1) is 22.5. The summed E-state index contributed by atoms with van der Waals surface area (Å²) in [6, 6.07) is 14.7. The summed E-state index contributed by atoms with van der Waals surface area (Å²) in [5.41, 5.74) is 2.02. The Kier molecular flexibility index (Phi) is 6.89. The van der Waals surface area contributed by atoms with Crippen molar-refractivity contribution in [3.63, 3.8) is 0 Å². The third kappa shape index (κ3) is 4.85. The van der Waals surface area contributed by atoms with Gasteiger partial charge in [0.15, 0.2) is 0 Å². The molecule has 170 valence electrons.